The molecule has 1 fully saturated rings. The first-order valence-corrected chi connectivity index (χ1v) is 8.66. The van der Waals surface area contributed by atoms with Gasteiger partial charge in [-0.15, -0.1) is 0 Å². The Labute approximate surface area is 155 Å². The molecule has 0 saturated carbocycles. The first-order chi connectivity index (χ1) is 12.7. The van der Waals surface area contributed by atoms with E-state index >= 15 is 4.39 Å². The number of fused-ring (bicyclic) bond motifs is 1. The van der Waals surface area contributed by atoms with Gasteiger partial charge in [-0.2, -0.15) is 0 Å². The second-order valence-electron chi connectivity index (χ2n) is 6.89. The lowest BCUT2D eigenvalue weighted by molar-refractivity contribution is -0.117. The molecule has 8 heteroatoms. The molecule has 1 aromatic heterocycles. The number of primary amides is 1. The highest BCUT2D eigenvalue weighted by molar-refractivity contribution is 6.10. The molecule has 144 valence electrons. The van der Waals surface area contributed by atoms with Crippen molar-refractivity contribution in [1.29, 1.82) is 0 Å². The number of aromatic amines is 1. The molecule has 2 amide bonds. The smallest absolute Gasteiger partial charge is 0.250 e. The first-order valence-electron chi connectivity index (χ1n) is 8.66. The van der Waals surface area contributed by atoms with E-state index in [4.69, 9.17) is 5.73 Å². The summed E-state index contributed by atoms with van der Waals surface area (Å²) in [7, 11) is 0. The van der Waals surface area contributed by atoms with E-state index in [1.165, 1.54) is 0 Å². The second kappa shape index (κ2) is 7.02. The molecule has 1 aliphatic rings. The van der Waals surface area contributed by atoms with Crippen LogP contribution in [-0.2, 0) is 4.79 Å². The van der Waals surface area contributed by atoms with Crippen molar-refractivity contribution in [2.45, 2.75) is 32.5 Å². The fraction of sp³-hybridized carbons (Fsp3) is 0.368. The van der Waals surface area contributed by atoms with Crippen LogP contribution in [0.1, 0.15) is 28.0 Å². The normalized spacial score (nSPS) is 19.9. The number of benzene rings is 1. The number of aromatic nitrogens is 1. The van der Waals surface area contributed by atoms with E-state index in [0.717, 1.165) is 23.4 Å². The van der Waals surface area contributed by atoms with Crippen LogP contribution < -0.4 is 16.0 Å². The van der Waals surface area contributed by atoms with E-state index in [0.29, 0.717) is 10.9 Å². The summed E-state index contributed by atoms with van der Waals surface area (Å²) >= 11 is 0. The third-order valence-corrected chi connectivity index (χ3v) is 5.02. The van der Waals surface area contributed by atoms with E-state index in [1.807, 2.05) is 6.92 Å². The largest absolute Gasteiger partial charge is 0.366 e. The van der Waals surface area contributed by atoms with Crippen LogP contribution in [0.5, 0.6) is 0 Å². The van der Waals surface area contributed by atoms with Gasteiger partial charge in [0.25, 0.3) is 5.91 Å². The number of nitrogens with two attached hydrogens (primary N) is 1. The number of H-pyrrole nitrogens is 1. The first kappa shape index (κ1) is 18.9. The van der Waals surface area contributed by atoms with Crippen molar-refractivity contribution in [1.82, 2.24) is 10.3 Å². The molecule has 4 N–H and O–H groups in total. The molecule has 1 aromatic carbocycles. The van der Waals surface area contributed by atoms with Crippen molar-refractivity contribution in [3.63, 3.8) is 0 Å². The lowest BCUT2D eigenvalue weighted by Gasteiger charge is -2.37. The predicted molar refractivity (Wildman–Crippen MR) is 100 cm³/mol. The standard InChI is InChI=1S/C19H22F2N4O2/c1-4-15(26)24-12-5-11(20)7-25(8-12)18-14(21)6-13(19(22)27)17-16(18)9(2)10(3)23-17/h4,6,11-12,23H,1,5,7-8H2,2-3H3,(H2,22,27)(H,24,26)/t11-,12+/m1/s1. The van der Waals surface area contributed by atoms with Gasteiger partial charge in [-0.3, -0.25) is 9.59 Å². The van der Waals surface area contributed by atoms with Gasteiger partial charge in [-0.1, -0.05) is 6.58 Å². The van der Waals surface area contributed by atoms with Gasteiger partial charge in [0.2, 0.25) is 5.91 Å². The van der Waals surface area contributed by atoms with Crippen LogP contribution in [0.2, 0.25) is 0 Å². The quantitative estimate of drug-likeness (QED) is 0.715. The van der Waals surface area contributed by atoms with Gasteiger partial charge in [-0.25, -0.2) is 8.78 Å². The minimum absolute atomic E-state index is 0.00787. The Kier molecular flexibility index (Phi) is 4.91. The maximum atomic E-state index is 15.0. The highest BCUT2D eigenvalue weighted by atomic mass is 19.1. The topological polar surface area (TPSA) is 91.2 Å². The zero-order valence-corrected chi connectivity index (χ0v) is 15.2. The number of hydrogen-bond donors (Lipinski definition) is 3. The van der Waals surface area contributed by atoms with Crippen LogP contribution in [0.3, 0.4) is 0 Å². The van der Waals surface area contributed by atoms with E-state index in [2.05, 4.69) is 16.9 Å². The fourth-order valence-electron chi connectivity index (χ4n) is 3.69. The van der Waals surface area contributed by atoms with Crippen LogP contribution in [0.25, 0.3) is 10.9 Å². The van der Waals surface area contributed by atoms with Gasteiger partial charge < -0.3 is 20.9 Å². The number of piperidine rings is 1. The Balaban J connectivity index is 2.11. The summed E-state index contributed by atoms with van der Waals surface area (Å²) in [5, 5.41) is 3.18. The number of nitrogens with zero attached hydrogens (tertiary/aromatic N) is 1. The maximum absolute atomic E-state index is 15.0. The van der Waals surface area contributed by atoms with Crippen molar-refractivity contribution in [2.24, 2.45) is 5.73 Å². The van der Waals surface area contributed by atoms with Crippen molar-refractivity contribution in [2.75, 3.05) is 18.0 Å². The van der Waals surface area contributed by atoms with Crippen LogP contribution in [0.15, 0.2) is 18.7 Å². The number of halogens is 2. The molecule has 2 atom stereocenters. The van der Waals surface area contributed by atoms with Gasteiger partial charge in [0.1, 0.15) is 12.0 Å². The Hall–Kier alpha value is -2.90. The third kappa shape index (κ3) is 3.39. The van der Waals surface area contributed by atoms with Crippen LogP contribution >= 0.6 is 0 Å². The molecule has 1 saturated heterocycles. The minimum atomic E-state index is -1.24. The number of hydrogen-bond acceptors (Lipinski definition) is 3. The van der Waals surface area contributed by atoms with Crippen molar-refractivity contribution in [3.8, 4) is 0 Å². The number of amides is 2. The van der Waals surface area contributed by atoms with E-state index in [1.54, 1.807) is 11.8 Å². The number of rotatable bonds is 4. The van der Waals surface area contributed by atoms with Gasteiger partial charge in [0, 0.05) is 36.6 Å². The lowest BCUT2D eigenvalue weighted by atomic mass is 9.99. The van der Waals surface area contributed by atoms with Crippen molar-refractivity contribution in [3.05, 3.63) is 41.4 Å². The maximum Gasteiger partial charge on any atom is 0.250 e. The number of nitrogens with one attached hydrogen (secondary N) is 2. The molecule has 3 rings (SSSR count). The third-order valence-electron chi connectivity index (χ3n) is 5.02. The monoisotopic (exact) mass is 376 g/mol. The Bertz CT molecular complexity index is 938. The number of alkyl halides is 1. The van der Waals surface area contributed by atoms with E-state index in [-0.39, 0.29) is 30.8 Å². The summed E-state index contributed by atoms with van der Waals surface area (Å²) in [4.78, 5) is 28.0. The molecule has 0 aliphatic carbocycles. The van der Waals surface area contributed by atoms with Crippen molar-refractivity contribution < 1.29 is 18.4 Å². The number of anilines is 1. The van der Waals surface area contributed by atoms with Gasteiger partial charge >= 0.3 is 0 Å². The Morgan fingerprint density at radius 2 is 2.11 bits per heavy atom. The number of carbonyl (C=O) groups excluding carboxylic acids is 2. The molecule has 2 aromatic rings. The zero-order chi connectivity index (χ0) is 19.9. The Morgan fingerprint density at radius 1 is 1.41 bits per heavy atom. The average molecular weight is 376 g/mol. The highest BCUT2D eigenvalue weighted by Crippen LogP contribution is 2.37. The summed E-state index contributed by atoms with van der Waals surface area (Å²) in [6, 6.07) is 0.596. The van der Waals surface area contributed by atoms with Crippen LogP contribution in [0, 0.1) is 19.7 Å². The highest BCUT2D eigenvalue weighted by Gasteiger charge is 2.32. The molecule has 27 heavy (non-hydrogen) atoms. The average Bonchev–Trinajstić information content (AvgIpc) is 2.88. The summed E-state index contributed by atoms with van der Waals surface area (Å²) in [5.74, 6) is -1.80. The van der Waals surface area contributed by atoms with E-state index < -0.39 is 29.8 Å². The summed E-state index contributed by atoms with van der Waals surface area (Å²) in [6.07, 6.45) is 0.0250. The molecule has 1 aliphatic heterocycles. The molecule has 0 unspecified atom stereocenters. The van der Waals surface area contributed by atoms with Gasteiger partial charge in [0.05, 0.1) is 16.8 Å². The van der Waals surface area contributed by atoms with Crippen molar-refractivity contribution >= 4 is 28.4 Å². The van der Waals surface area contributed by atoms with Gasteiger partial charge in [0.15, 0.2) is 0 Å². The molecule has 0 spiro atoms. The van der Waals surface area contributed by atoms with Gasteiger partial charge in [-0.05, 0) is 31.6 Å². The number of carbonyl (C=O) groups is 2. The Morgan fingerprint density at radius 3 is 2.74 bits per heavy atom. The summed E-state index contributed by atoms with van der Waals surface area (Å²) < 4.78 is 29.4. The lowest BCUT2D eigenvalue weighted by Crippen LogP contribution is -2.51. The zero-order valence-electron chi connectivity index (χ0n) is 15.2. The number of aryl methyl sites for hydroxylation is 2. The van der Waals surface area contributed by atoms with Crippen LogP contribution in [-0.4, -0.2) is 42.1 Å². The molecular weight excluding hydrogens is 354 g/mol. The second-order valence-corrected chi connectivity index (χ2v) is 6.89. The minimum Gasteiger partial charge on any atom is -0.366 e. The molecule has 6 nitrogen and oxygen atoms in total. The molecule has 2 heterocycles. The fourth-order valence-corrected chi connectivity index (χ4v) is 3.69. The summed E-state index contributed by atoms with van der Waals surface area (Å²) in [5.41, 5.74) is 7.61. The van der Waals surface area contributed by atoms with Crippen LogP contribution in [0.4, 0.5) is 14.5 Å². The molecular formula is C19H22F2N4O2. The SMILES string of the molecule is C=CC(=O)N[C@H]1C[C@@H](F)CN(c2c(F)cc(C(N)=O)c3[nH]c(C)c(C)c23)C1. The predicted octanol–water partition coefficient (Wildman–Crippen LogP) is 2.24. The molecule has 0 radical (unpaired) electrons. The van der Waals surface area contributed by atoms with E-state index in [9.17, 15) is 14.0 Å². The summed E-state index contributed by atoms with van der Waals surface area (Å²) in [6.45, 7) is 7.23. The molecule has 0 bridgehead atoms.